The number of aromatic carboxylic acids is 1. The lowest BCUT2D eigenvalue weighted by Crippen LogP contribution is -2.34. The van der Waals surface area contributed by atoms with Crippen molar-refractivity contribution in [3.05, 3.63) is 65.2 Å². The molecule has 0 radical (unpaired) electrons. The van der Waals surface area contributed by atoms with Crippen LogP contribution in [-0.4, -0.2) is 17.1 Å². The zero-order valence-corrected chi connectivity index (χ0v) is 12.0. The number of benzene rings is 2. The lowest BCUT2D eigenvalue weighted by Gasteiger charge is -2.37. The molecule has 0 atom stereocenters. The predicted octanol–water partition coefficient (Wildman–Crippen LogP) is 4.05. The molecule has 21 heavy (non-hydrogen) atoms. The molecule has 0 heterocycles. The quantitative estimate of drug-likeness (QED) is 0.888. The van der Waals surface area contributed by atoms with Crippen molar-refractivity contribution in [1.82, 2.24) is 0 Å². The average Bonchev–Trinajstić information content (AvgIpc) is 2.44. The Balaban J connectivity index is 1.61. The number of hydrogen-bond donors (Lipinski definition) is 2. The second-order valence-corrected chi connectivity index (χ2v) is 5.76. The minimum Gasteiger partial charge on any atom is -0.478 e. The summed E-state index contributed by atoms with van der Waals surface area (Å²) >= 11 is 0. The standard InChI is InChI=1S/C18H19NO2/c1-12-9-14(18(20)21)7-8-17(12)19-16-10-15(11-16)13-5-3-2-4-6-13/h2-9,15-16,19H,10-11H2,1H3,(H,20,21). The monoisotopic (exact) mass is 281 g/mol. The summed E-state index contributed by atoms with van der Waals surface area (Å²) in [4.78, 5) is 10.9. The van der Waals surface area contributed by atoms with Crippen LogP contribution in [0.1, 0.15) is 40.2 Å². The second-order valence-electron chi connectivity index (χ2n) is 5.76. The molecule has 2 aromatic carbocycles. The van der Waals surface area contributed by atoms with Crippen LogP contribution in [0, 0.1) is 6.92 Å². The maximum Gasteiger partial charge on any atom is 0.335 e. The molecule has 0 saturated heterocycles. The van der Waals surface area contributed by atoms with E-state index in [0.717, 1.165) is 24.1 Å². The van der Waals surface area contributed by atoms with Crippen molar-refractivity contribution < 1.29 is 9.90 Å². The lowest BCUT2D eigenvalue weighted by atomic mass is 9.76. The van der Waals surface area contributed by atoms with Crippen molar-refractivity contribution in [2.45, 2.75) is 31.7 Å². The summed E-state index contributed by atoms with van der Waals surface area (Å²) in [5.74, 6) is -0.236. The molecule has 3 rings (SSSR count). The molecule has 0 bridgehead atoms. The summed E-state index contributed by atoms with van der Waals surface area (Å²) in [6.45, 7) is 1.95. The van der Waals surface area contributed by atoms with Crippen LogP contribution in [-0.2, 0) is 0 Å². The molecular weight excluding hydrogens is 262 g/mol. The molecule has 3 heteroatoms. The first-order valence-electron chi connectivity index (χ1n) is 7.29. The number of carboxylic acid groups (broad SMARTS) is 1. The van der Waals surface area contributed by atoms with Gasteiger partial charge in [0.05, 0.1) is 5.56 Å². The van der Waals surface area contributed by atoms with E-state index in [1.807, 2.05) is 19.1 Å². The zero-order chi connectivity index (χ0) is 14.8. The van der Waals surface area contributed by atoms with E-state index in [1.54, 1.807) is 12.1 Å². The van der Waals surface area contributed by atoms with Gasteiger partial charge in [-0.25, -0.2) is 4.79 Å². The van der Waals surface area contributed by atoms with Gasteiger partial charge in [-0.15, -0.1) is 0 Å². The molecule has 0 aliphatic heterocycles. The van der Waals surface area contributed by atoms with Gasteiger partial charge in [-0.3, -0.25) is 0 Å². The maximum absolute atomic E-state index is 10.9. The molecule has 0 unspecified atom stereocenters. The SMILES string of the molecule is Cc1cc(C(=O)O)ccc1NC1CC(c2ccccc2)C1. The fraction of sp³-hybridized carbons (Fsp3) is 0.278. The van der Waals surface area contributed by atoms with E-state index in [2.05, 4.69) is 29.6 Å². The van der Waals surface area contributed by atoms with Crippen molar-refractivity contribution >= 4 is 11.7 Å². The fourth-order valence-corrected chi connectivity index (χ4v) is 2.91. The summed E-state index contributed by atoms with van der Waals surface area (Å²) < 4.78 is 0. The van der Waals surface area contributed by atoms with E-state index in [1.165, 1.54) is 5.56 Å². The Morgan fingerprint density at radius 2 is 1.86 bits per heavy atom. The van der Waals surface area contributed by atoms with Crippen LogP contribution in [0.15, 0.2) is 48.5 Å². The van der Waals surface area contributed by atoms with Crippen molar-refractivity contribution in [3.8, 4) is 0 Å². The highest BCUT2D eigenvalue weighted by Gasteiger charge is 2.30. The van der Waals surface area contributed by atoms with Gasteiger partial charge in [0.15, 0.2) is 0 Å². The maximum atomic E-state index is 10.9. The molecule has 3 nitrogen and oxygen atoms in total. The summed E-state index contributed by atoms with van der Waals surface area (Å²) in [6.07, 6.45) is 2.26. The normalized spacial score (nSPS) is 20.6. The van der Waals surface area contributed by atoms with Crippen molar-refractivity contribution in [2.75, 3.05) is 5.32 Å². The van der Waals surface area contributed by atoms with Crippen molar-refractivity contribution in [3.63, 3.8) is 0 Å². The molecule has 1 fully saturated rings. The van der Waals surface area contributed by atoms with Gasteiger partial charge >= 0.3 is 5.97 Å². The molecule has 0 aromatic heterocycles. The minimum absolute atomic E-state index is 0.342. The highest BCUT2D eigenvalue weighted by molar-refractivity contribution is 5.88. The smallest absolute Gasteiger partial charge is 0.335 e. The minimum atomic E-state index is -0.877. The molecule has 2 aromatic rings. The molecular formula is C18H19NO2. The van der Waals surface area contributed by atoms with E-state index in [9.17, 15) is 4.79 Å². The summed E-state index contributed by atoms with van der Waals surface area (Å²) in [5.41, 5.74) is 3.77. The Bertz CT molecular complexity index is 646. The van der Waals surface area contributed by atoms with Gasteiger partial charge in [-0.05, 0) is 55.0 Å². The van der Waals surface area contributed by atoms with Crippen LogP contribution in [0.5, 0.6) is 0 Å². The van der Waals surface area contributed by atoms with Gasteiger partial charge in [-0.1, -0.05) is 30.3 Å². The van der Waals surface area contributed by atoms with Crippen LogP contribution in [0.25, 0.3) is 0 Å². The third-order valence-electron chi connectivity index (χ3n) is 4.24. The van der Waals surface area contributed by atoms with Gasteiger partial charge < -0.3 is 10.4 Å². The molecule has 108 valence electrons. The number of carbonyl (C=O) groups is 1. The van der Waals surface area contributed by atoms with E-state index in [-0.39, 0.29) is 0 Å². The molecule has 0 spiro atoms. The van der Waals surface area contributed by atoms with E-state index in [4.69, 9.17) is 5.11 Å². The van der Waals surface area contributed by atoms with Gasteiger partial charge in [-0.2, -0.15) is 0 Å². The number of rotatable bonds is 4. The highest BCUT2D eigenvalue weighted by Crippen LogP contribution is 2.38. The number of anilines is 1. The predicted molar refractivity (Wildman–Crippen MR) is 84.0 cm³/mol. The van der Waals surface area contributed by atoms with Gasteiger partial charge in [0.1, 0.15) is 0 Å². The Morgan fingerprint density at radius 1 is 1.14 bits per heavy atom. The number of carboxylic acids is 1. The van der Waals surface area contributed by atoms with Crippen LogP contribution in [0.2, 0.25) is 0 Å². The van der Waals surface area contributed by atoms with E-state index >= 15 is 0 Å². The largest absolute Gasteiger partial charge is 0.478 e. The number of hydrogen-bond acceptors (Lipinski definition) is 2. The van der Waals surface area contributed by atoms with Crippen LogP contribution >= 0.6 is 0 Å². The topological polar surface area (TPSA) is 49.3 Å². The first-order chi connectivity index (χ1) is 10.1. The Hall–Kier alpha value is -2.29. The molecule has 1 aliphatic rings. The third kappa shape index (κ3) is 2.92. The third-order valence-corrected chi connectivity index (χ3v) is 4.24. The van der Waals surface area contributed by atoms with Gasteiger partial charge in [0.25, 0.3) is 0 Å². The molecule has 0 amide bonds. The van der Waals surface area contributed by atoms with Crippen LogP contribution in [0.3, 0.4) is 0 Å². The van der Waals surface area contributed by atoms with Gasteiger partial charge in [0, 0.05) is 11.7 Å². The average molecular weight is 281 g/mol. The van der Waals surface area contributed by atoms with Crippen LogP contribution < -0.4 is 5.32 Å². The van der Waals surface area contributed by atoms with Crippen LogP contribution in [0.4, 0.5) is 5.69 Å². The molecule has 1 saturated carbocycles. The first-order valence-corrected chi connectivity index (χ1v) is 7.29. The van der Waals surface area contributed by atoms with Crippen molar-refractivity contribution in [2.24, 2.45) is 0 Å². The zero-order valence-electron chi connectivity index (χ0n) is 12.0. The summed E-state index contributed by atoms with van der Waals surface area (Å²) in [7, 11) is 0. The number of nitrogens with one attached hydrogen (secondary N) is 1. The molecule has 2 N–H and O–H groups in total. The Labute approximate surface area is 124 Å². The lowest BCUT2D eigenvalue weighted by molar-refractivity contribution is 0.0697. The Kier molecular flexibility index (Phi) is 3.65. The summed E-state index contributed by atoms with van der Waals surface area (Å²) in [6, 6.07) is 16.3. The first kappa shape index (κ1) is 13.7. The second kappa shape index (κ2) is 5.60. The van der Waals surface area contributed by atoms with Gasteiger partial charge in [0.2, 0.25) is 0 Å². The Morgan fingerprint density at radius 3 is 2.48 bits per heavy atom. The fourth-order valence-electron chi connectivity index (χ4n) is 2.91. The van der Waals surface area contributed by atoms with E-state index in [0.29, 0.717) is 17.5 Å². The molecule has 1 aliphatic carbocycles. The summed E-state index contributed by atoms with van der Waals surface area (Å²) in [5, 5.41) is 12.5. The highest BCUT2D eigenvalue weighted by atomic mass is 16.4. The van der Waals surface area contributed by atoms with Crippen molar-refractivity contribution in [1.29, 1.82) is 0 Å². The number of aryl methyl sites for hydroxylation is 1. The van der Waals surface area contributed by atoms with E-state index < -0.39 is 5.97 Å².